The zero-order valence-corrected chi connectivity index (χ0v) is 17.3. The van der Waals surface area contributed by atoms with Crippen LogP contribution in [0.5, 0.6) is 5.75 Å². The van der Waals surface area contributed by atoms with Crippen molar-refractivity contribution >= 4 is 22.1 Å². The van der Waals surface area contributed by atoms with Gasteiger partial charge in [-0.05, 0) is 49.3 Å². The van der Waals surface area contributed by atoms with E-state index in [1.54, 1.807) is 11.8 Å². The zero-order chi connectivity index (χ0) is 19.4. The van der Waals surface area contributed by atoms with Gasteiger partial charge < -0.3 is 9.15 Å². The Hall–Kier alpha value is -1.71. The second kappa shape index (κ2) is 8.53. The molecular formula is C18H25N3O4S2. The highest BCUT2D eigenvalue weighted by Gasteiger charge is 2.32. The summed E-state index contributed by atoms with van der Waals surface area (Å²) in [5, 5.41) is 4.50. The second-order valence-electron chi connectivity index (χ2n) is 6.80. The van der Waals surface area contributed by atoms with Gasteiger partial charge in [-0.3, -0.25) is 4.90 Å². The minimum atomic E-state index is -2.93. The van der Waals surface area contributed by atoms with Crippen LogP contribution in [0.15, 0.2) is 28.7 Å². The molecule has 1 fully saturated rings. The van der Waals surface area contributed by atoms with E-state index in [0.717, 1.165) is 24.3 Å². The third kappa shape index (κ3) is 5.18. The summed E-state index contributed by atoms with van der Waals surface area (Å²) in [6.07, 6.45) is 2.12. The lowest BCUT2D eigenvalue weighted by atomic mass is 10.1. The summed E-state index contributed by atoms with van der Waals surface area (Å²) < 4.78 is 36.1. The van der Waals surface area contributed by atoms with Crippen molar-refractivity contribution in [1.29, 1.82) is 0 Å². The smallest absolute Gasteiger partial charge is 0.288 e. The molecule has 0 N–H and O–H groups in total. The molecule has 148 valence electrons. The van der Waals surface area contributed by atoms with Gasteiger partial charge in [0.2, 0.25) is 5.89 Å². The van der Waals surface area contributed by atoms with Gasteiger partial charge in [-0.1, -0.05) is 19.1 Å². The number of hydrogen-bond donors (Lipinski definition) is 0. The predicted molar refractivity (Wildman–Crippen MR) is 105 cm³/mol. The van der Waals surface area contributed by atoms with Gasteiger partial charge in [0.25, 0.3) is 4.84 Å². The Balaban J connectivity index is 1.71. The number of hydrogen-bond acceptors (Lipinski definition) is 7. The van der Waals surface area contributed by atoms with Crippen molar-refractivity contribution in [3.8, 4) is 5.75 Å². The summed E-state index contributed by atoms with van der Waals surface area (Å²) in [5.41, 5.74) is 1.05. The Labute approximate surface area is 164 Å². The van der Waals surface area contributed by atoms with Crippen LogP contribution in [-0.2, 0) is 22.9 Å². The normalized spacial score (nSPS) is 18.9. The maximum Gasteiger partial charge on any atom is 0.288 e. The highest BCUT2D eigenvalue weighted by Crippen LogP contribution is 2.19. The van der Waals surface area contributed by atoms with Crippen molar-refractivity contribution in [2.24, 2.45) is 0 Å². The summed E-state index contributed by atoms with van der Waals surface area (Å²) in [5.74, 6) is 1.80. The van der Waals surface area contributed by atoms with Gasteiger partial charge in [-0.15, -0.1) is 5.10 Å². The van der Waals surface area contributed by atoms with Gasteiger partial charge in [0.05, 0.1) is 31.7 Å². The fourth-order valence-corrected chi connectivity index (χ4v) is 5.28. The molecule has 1 aromatic carbocycles. The molecule has 1 aliphatic heterocycles. The number of aromatic nitrogens is 2. The van der Waals surface area contributed by atoms with Crippen LogP contribution in [0.25, 0.3) is 0 Å². The lowest BCUT2D eigenvalue weighted by Gasteiger charge is -2.26. The quantitative estimate of drug-likeness (QED) is 0.618. The molecule has 1 aliphatic rings. The zero-order valence-electron chi connectivity index (χ0n) is 15.6. The Morgan fingerprint density at radius 1 is 1.37 bits per heavy atom. The first-order valence-corrected chi connectivity index (χ1v) is 11.3. The Morgan fingerprint density at radius 3 is 2.70 bits per heavy atom. The standard InChI is InChI=1S/C18H25N3O4S2/c1-3-9-20(15-8-10-27(22,23)12-15)13-21-18(26)25-17(19-21)11-14-4-6-16(24-2)7-5-14/h4-7,15H,3,8-13H2,1-2H3. The molecule has 7 nitrogen and oxygen atoms in total. The van der Waals surface area contributed by atoms with E-state index >= 15 is 0 Å². The van der Waals surface area contributed by atoms with Crippen LogP contribution in [0.3, 0.4) is 0 Å². The van der Waals surface area contributed by atoms with Crippen molar-refractivity contribution in [2.45, 2.75) is 38.9 Å². The summed E-state index contributed by atoms with van der Waals surface area (Å²) in [7, 11) is -1.30. The summed E-state index contributed by atoms with van der Waals surface area (Å²) >= 11 is 5.32. The van der Waals surface area contributed by atoms with Gasteiger partial charge in [0.15, 0.2) is 9.84 Å². The van der Waals surface area contributed by atoms with E-state index in [4.69, 9.17) is 21.4 Å². The minimum Gasteiger partial charge on any atom is -0.497 e. The monoisotopic (exact) mass is 411 g/mol. The molecule has 27 heavy (non-hydrogen) atoms. The molecule has 2 heterocycles. The molecule has 1 aromatic heterocycles. The molecule has 3 rings (SSSR count). The van der Waals surface area contributed by atoms with Crippen LogP contribution < -0.4 is 4.74 Å². The second-order valence-corrected chi connectivity index (χ2v) is 9.37. The molecular weight excluding hydrogens is 386 g/mol. The first kappa shape index (κ1) is 20.0. The average Bonchev–Trinajstić information content (AvgIpc) is 3.17. The number of benzene rings is 1. The number of methoxy groups -OCH3 is 1. The van der Waals surface area contributed by atoms with E-state index in [1.165, 1.54) is 0 Å². The Bertz CT molecular complexity index is 919. The third-order valence-electron chi connectivity index (χ3n) is 4.71. The molecule has 0 saturated carbocycles. The topological polar surface area (TPSA) is 77.6 Å². The lowest BCUT2D eigenvalue weighted by molar-refractivity contribution is 0.153. The van der Waals surface area contributed by atoms with Crippen molar-refractivity contribution in [3.05, 3.63) is 40.6 Å². The summed E-state index contributed by atoms with van der Waals surface area (Å²) in [6.45, 7) is 3.31. The van der Waals surface area contributed by atoms with Crippen LogP contribution in [0, 0.1) is 4.84 Å². The van der Waals surface area contributed by atoms with Crippen LogP contribution in [-0.4, -0.2) is 54.3 Å². The van der Waals surface area contributed by atoms with Gasteiger partial charge in [0.1, 0.15) is 5.75 Å². The molecule has 0 bridgehead atoms. The molecule has 0 amide bonds. The Morgan fingerprint density at radius 2 is 2.11 bits per heavy atom. The first-order valence-electron chi connectivity index (χ1n) is 9.04. The summed E-state index contributed by atoms with van der Waals surface area (Å²) in [4.78, 5) is 2.44. The van der Waals surface area contributed by atoms with Crippen LogP contribution in [0.2, 0.25) is 0 Å². The first-order chi connectivity index (χ1) is 12.9. The lowest BCUT2D eigenvalue weighted by Crippen LogP contribution is -2.38. The largest absolute Gasteiger partial charge is 0.497 e. The minimum absolute atomic E-state index is 0.0126. The summed E-state index contributed by atoms with van der Waals surface area (Å²) in [6, 6.07) is 7.72. The van der Waals surface area contributed by atoms with Gasteiger partial charge in [-0.2, -0.15) is 0 Å². The van der Waals surface area contributed by atoms with Gasteiger partial charge in [0, 0.05) is 6.04 Å². The van der Waals surface area contributed by atoms with E-state index in [0.29, 0.717) is 30.2 Å². The van der Waals surface area contributed by atoms with Crippen molar-refractivity contribution in [3.63, 3.8) is 0 Å². The number of rotatable bonds is 8. The number of ether oxygens (including phenoxy) is 1. The van der Waals surface area contributed by atoms with E-state index in [-0.39, 0.29) is 17.5 Å². The molecule has 9 heteroatoms. The van der Waals surface area contributed by atoms with Crippen molar-refractivity contribution in [1.82, 2.24) is 14.7 Å². The molecule has 1 unspecified atom stereocenters. The van der Waals surface area contributed by atoms with E-state index in [2.05, 4.69) is 16.9 Å². The third-order valence-corrected chi connectivity index (χ3v) is 6.76. The van der Waals surface area contributed by atoms with E-state index < -0.39 is 9.84 Å². The maximum atomic E-state index is 11.8. The predicted octanol–water partition coefficient (Wildman–Crippen LogP) is 2.66. The fourth-order valence-electron chi connectivity index (χ4n) is 3.32. The van der Waals surface area contributed by atoms with Crippen LogP contribution in [0.4, 0.5) is 0 Å². The van der Waals surface area contributed by atoms with Crippen LogP contribution >= 0.6 is 12.2 Å². The number of sulfone groups is 1. The van der Waals surface area contributed by atoms with Crippen molar-refractivity contribution in [2.75, 3.05) is 25.2 Å². The maximum absolute atomic E-state index is 11.8. The Kier molecular flexibility index (Phi) is 6.33. The van der Waals surface area contributed by atoms with Gasteiger partial charge >= 0.3 is 0 Å². The van der Waals surface area contributed by atoms with E-state index in [9.17, 15) is 8.42 Å². The van der Waals surface area contributed by atoms with Crippen molar-refractivity contribution < 1.29 is 17.6 Å². The molecule has 0 aliphatic carbocycles. The number of nitrogens with zero attached hydrogens (tertiary/aromatic N) is 3. The van der Waals surface area contributed by atoms with Crippen LogP contribution in [0.1, 0.15) is 31.2 Å². The molecule has 1 saturated heterocycles. The highest BCUT2D eigenvalue weighted by molar-refractivity contribution is 7.91. The molecule has 2 aromatic rings. The van der Waals surface area contributed by atoms with E-state index in [1.807, 2.05) is 24.3 Å². The fraction of sp³-hybridized carbons (Fsp3) is 0.556. The molecule has 1 atom stereocenters. The highest BCUT2D eigenvalue weighted by atomic mass is 32.2. The SMILES string of the molecule is CCCN(Cn1nc(Cc2ccc(OC)cc2)oc1=S)C1CCS(=O)(=O)C1. The molecule has 0 radical (unpaired) electrons. The molecule has 0 spiro atoms. The average molecular weight is 412 g/mol. The van der Waals surface area contributed by atoms with Gasteiger partial charge in [-0.25, -0.2) is 13.1 Å².